The van der Waals surface area contributed by atoms with Crippen LogP contribution < -0.4 is 0 Å². The highest BCUT2D eigenvalue weighted by Crippen LogP contribution is 2.34. The smallest absolute Gasteiger partial charge is 0.186 e. The molecule has 4 heteroatoms. The van der Waals surface area contributed by atoms with Gasteiger partial charge in [0, 0.05) is 6.20 Å². The molecule has 0 atom stereocenters. The number of aromatic nitrogens is 1. The second-order valence-electron chi connectivity index (χ2n) is 5.52. The Morgan fingerprint density at radius 2 is 1.89 bits per heavy atom. The number of pyridine rings is 1. The minimum absolute atomic E-state index is 0.0979. The second-order valence-corrected chi connectivity index (χ2v) is 5.52. The quantitative estimate of drug-likeness (QED) is 0.621. The van der Waals surface area contributed by atoms with E-state index in [1.807, 2.05) is 19.0 Å². The summed E-state index contributed by atoms with van der Waals surface area (Å²) in [5.41, 5.74) is -0.385. The molecular weight excluding hydrogens is 243 g/mol. The van der Waals surface area contributed by atoms with Crippen molar-refractivity contribution in [1.29, 1.82) is 0 Å². The summed E-state index contributed by atoms with van der Waals surface area (Å²) in [5, 5.41) is 0. The predicted octanol–water partition coefficient (Wildman–Crippen LogP) is 3.06. The molecule has 104 valence electrons. The van der Waals surface area contributed by atoms with Crippen LogP contribution in [0.5, 0.6) is 0 Å². The van der Waals surface area contributed by atoms with Crippen LogP contribution in [0.15, 0.2) is 18.5 Å². The molecule has 0 saturated heterocycles. The molecular formula is C15H21FN2O. The molecule has 0 aliphatic heterocycles. The summed E-state index contributed by atoms with van der Waals surface area (Å²) in [6.07, 6.45) is 8.57. The van der Waals surface area contributed by atoms with Crippen LogP contribution in [-0.4, -0.2) is 35.3 Å². The van der Waals surface area contributed by atoms with Crippen LogP contribution in [0, 0.1) is 5.82 Å². The third-order valence-electron chi connectivity index (χ3n) is 4.23. The first-order valence-corrected chi connectivity index (χ1v) is 6.90. The molecule has 0 unspecified atom stereocenters. The van der Waals surface area contributed by atoms with E-state index in [2.05, 4.69) is 4.98 Å². The topological polar surface area (TPSA) is 33.2 Å². The maximum atomic E-state index is 13.8. The van der Waals surface area contributed by atoms with E-state index in [4.69, 9.17) is 0 Å². The van der Waals surface area contributed by atoms with Crippen molar-refractivity contribution in [2.24, 2.45) is 0 Å². The van der Waals surface area contributed by atoms with Crippen molar-refractivity contribution in [3.8, 4) is 0 Å². The Bertz CT molecular complexity index is 451. The van der Waals surface area contributed by atoms with Crippen molar-refractivity contribution < 1.29 is 9.18 Å². The van der Waals surface area contributed by atoms with Gasteiger partial charge < -0.3 is 0 Å². The summed E-state index contributed by atoms with van der Waals surface area (Å²) in [7, 11) is 3.84. The number of Topliss-reactive ketones (excluding diaryl/α,β-unsaturated/α-hetero) is 1. The van der Waals surface area contributed by atoms with E-state index in [0.717, 1.165) is 44.7 Å². The molecule has 1 aliphatic carbocycles. The van der Waals surface area contributed by atoms with Gasteiger partial charge in [-0.05, 0) is 33.0 Å². The molecule has 0 radical (unpaired) electrons. The van der Waals surface area contributed by atoms with E-state index < -0.39 is 11.4 Å². The van der Waals surface area contributed by atoms with E-state index in [0.29, 0.717) is 0 Å². The van der Waals surface area contributed by atoms with Crippen LogP contribution >= 0.6 is 0 Å². The Morgan fingerprint density at radius 3 is 2.42 bits per heavy atom. The summed E-state index contributed by atoms with van der Waals surface area (Å²) in [5.74, 6) is -0.614. The number of hydrogen-bond acceptors (Lipinski definition) is 3. The van der Waals surface area contributed by atoms with Crippen molar-refractivity contribution in [2.45, 2.75) is 44.1 Å². The molecule has 19 heavy (non-hydrogen) atoms. The molecule has 1 heterocycles. The molecule has 0 aromatic carbocycles. The van der Waals surface area contributed by atoms with Crippen LogP contribution in [0.3, 0.4) is 0 Å². The first-order valence-electron chi connectivity index (χ1n) is 6.90. The summed E-state index contributed by atoms with van der Waals surface area (Å²) in [4.78, 5) is 18.5. The predicted molar refractivity (Wildman–Crippen MR) is 72.6 cm³/mol. The Kier molecular flexibility index (Phi) is 4.30. The van der Waals surface area contributed by atoms with Crippen molar-refractivity contribution in [3.05, 3.63) is 29.8 Å². The Balaban J connectivity index is 2.39. The number of ketones is 1. The van der Waals surface area contributed by atoms with Gasteiger partial charge in [-0.3, -0.25) is 14.7 Å². The number of carbonyl (C=O) groups excluding carboxylic acids is 1. The van der Waals surface area contributed by atoms with Crippen molar-refractivity contribution in [3.63, 3.8) is 0 Å². The molecule has 2 rings (SSSR count). The molecule has 1 saturated carbocycles. The monoisotopic (exact) mass is 264 g/mol. The molecule has 0 N–H and O–H groups in total. The van der Waals surface area contributed by atoms with Crippen LogP contribution in [-0.2, 0) is 0 Å². The van der Waals surface area contributed by atoms with E-state index in [-0.39, 0.29) is 11.3 Å². The SMILES string of the molecule is CN(C)C1(C(=O)c2ccncc2F)CCCCCC1. The number of rotatable bonds is 3. The van der Waals surface area contributed by atoms with Crippen LogP contribution in [0.2, 0.25) is 0 Å². The van der Waals surface area contributed by atoms with Crippen LogP contribution in [0.4, 0.5) is 4.39 Å². The number of carbonyl (C=O) groups is 1. The molecule has 3 nitrogen and oxygen atoms in total. The highest BCUT2D eigenvalue weighted by atomic mass is 19.1. The third kappa shape index (κ3) is 2.68. The van der Waals surface area contributed by atoms with Gasteiger partial charge in [0.2, 0.25) is 0 Å². The van der Waals surface area contributed by atoms with Gasteiger partial charge in [0.1, 0.15) is 0 Å². The van der Waals surface area contributed by atoms with E-state index >= 15 is 0 Å². The molecule has 1 aromatic heterocycles. The molecule has 1 aromatic rings. The second kappa shape index (κ2) is 5.78. The number of likely N-dealkylation sites (N-methyl/N-ethyl adjacent to an activating group) is 1. The van der Waals surface area contributed by atoms with Gasteiger partial charge in [0.15, 0.2) is 11.6 Å². The zero-order valence-electron chi connectivity index (χ0n) is 11.7. The van der Waals surface area contributed by atoms with Gasteiger partial charge >= 0.3 is 0 Å². The maximum Gasteiger partial charge on any atom is 0.186 e. The van der Waals surface area contributed by atoms with Crippen LogP contribution in [0.25, 0.3) is 0 Å². The summed E-state index contributed by atoms with van der Waals surface area (Å²) < 4.78 is 13.8. The Hall–Kier alpha value is -1.29. The molecule has 0 bridgehead atoms. The van der Waals surface area contributed by atoms with Gasteiger partial charge in [-0.1, -0.05) is 25.7 Å². The minimum atomic E-state index is -0.557. The zero-order valence-corrected chi connectivity index (χ0v) is 11.7. The lowest BCUT2D eigenvalue weighted by Crippen LogP contribution is -2.51. The van der Waals surface area contributed by atoms with Crippen molar-refractivity contribution >= 4 is 5.78 Å². The summed E-state index contributed by atoms with van der Waals surface area (Å²) in [6, 6.07) is 1.49. The van der Waals surface area contributed by atoms with E-state index in [1.54, 1.807) is 0 Å². The fraction of sp³-hybridized carbons (Fsp3) is 0.600. The molecule has 0 spiro atoms. The molecule has 0 amide bonds. The number of hydrogen-bond donors (Lipinski definition) is 0. The van der Waals surface area contributed by atoms with Gasteiger partial charge in [-0.25, -0.2) is 4.39 Å². The highest BCUT2D eigenvalue weighted by molar-refractivity contribution is 6.03. The number of nitrogens with zero attached hydrogens (tertiary/aromatic N) is 2. The third-order valence-corrected chi connectivity index (χ3v) is 4.23. The van der Waals surface area contributed by atoms with Gasteiger partial charge in [0.25, 0.3) is 0 Å². The molecule has 1 fully saturated rings. The lowest BCUT2D eigenvalue weighted by molar-refractivity contribution is 0.0630. The van der Waals surface area contributed by atoms with E-state index in [9.17, 15) is 9.18 Å². The normalized spacial score (nSPS) is 19.2. The first-order chi connectivity index (χ1) is 9.08. The summed E-state index contributed by atoms with van der Waals surface area (Å²) >= 11 is 0. The van der Waals surface area contributed by atoms with E-state index in [1.165, 1.54) is 12.3 Å². The number of halogens is 1. The zero-order chi connectivity index (χ0) is 13.9. The standard InChI is InChI=1S/C15H21FN2O/c1-18(2)15(8-5-3-4-6-9-15)14(19)12-7-10-17-11-13(12)16/h7,10-11H,3-6,8-9H2,1-2H3. The lowest BCUT2D eigenvalue weighted by Gasteiger charge is -2.38. The minimum Gasteiger partial charge on any atom is -0.297 e. The average Bonchev–Trinajstić information content (AvgIpc) is 2.65. The van der Waals surface area contributed by atoms with Gasteiger partial charge in [-0.2, -0.15) is 0 Å². The van der Waals surface area contributed by atoms with Gasteiger partial charge in [0.05, 0.1) is 17.3 Å². The average molecular weight is 264 g/mol. The fourth-order valence-electron chi connectivity index (χ4n) is 3.00. The van der Waals surface area contributed by atoms with Crippen LogP contribution in [0.1, 0.15) is 48.9 Å². The van der Waals surface area contributed by atoms with Gasteiger partial charge in [-0.15, -0.1) is 0 Å². The first kappa shape index (κ1) is 14.1. The Morgan fingerprint density at radius 1 is 1.26 bits per heavy atom. The fourth-order valence-corrected chi connectivity index (χ4v) is 3.00. The van der Waals surface area contributed by atoms with Crippen molar-refractivity contribution in [1.82, 2.24) is 9.88 Å². The highest BCUT2D eigenvalue weighted by Gasteiger charge is 2.41. The largest absolute Gasteiger partial charge is 0.297 e. The maximum absolute atomic E-state index is 13.8. The van der Waals surface area contributed by atoms with Crippen molar-refractivity contribution in [2.75, 3.05) is 14.1 Å². The lowest BCUT2D eigenvalue weighted by atomic mass is 9.81. The Labute approximate surface area is 113 Å². The summed E-state index contributed by atoms with van der Waals surface area (Å²) in [6.45, 7) is 0. The molecule has 1 aliphatic rings.